The van der Waals surface area contributed by atoms with E-state index in [0.29, 0.717) is 12.8 Å². The number of phosphoric acid groups is 1. The van der Waals surface area contributed by atoms with Gasteiger partial charge in [0.2, 0.25) is 0 Å². The summed E-state index contributed by atoms with van der Waals surface area (Å²) in [5.41, 5.74) is 0. The molecule has 0 aliphatic heterocycles. The zero-order chi connectivity index (χ0) is 40.7. The predicted molar refractivity (Wildman–Crippen MR) is 212 cm³/mol. The van der Waals surface area contributed by atoms with Crippen molar-refractivity contribution in [3.63, 3.8) is 0 Å². The Bertz CT molecular complexity index is 1110. The molecule has 0 heterocycles. The van der Waals surface area contributed by atoms with Gasteiger partial charge in [0.25, 0.3) is 0 Å². The molecule has 1 aliphatic carbocycles. The first kappa shape index (κ1) is 51.1. The van der Waals surface area contributed by atoms with Crippen LogP contribution in [0.3, 0.4) is 0 Å². The second-order valence-corrected chi connectivity index (χ2v) is 15.9. The standard InChI is InChI=1S/C41H73O13P/c1-3-5-7-9-11-13-14-15-16-17-18-19-20-22-24-26-28-30-35(43)53-33(31-51-34(42)29-27-25-23-21-12-10-8-6-4-2)32-52-55(49,50)54-41-39(47)37(45)36(44)38(46)40(41)48/h11,13,15-16,18-19,33,36-41,44-48H,3-10,12,14,17,20-32H2,1-2H3,(H,49,50)/b13-11+,16-15+,19-18+/t33-,36?,37-,38?,39?,40?,41?/m1/s1. The van der Waals surface area contributed by atoms with E-state index in [1.807, 2.05) is 0 Å². The van der Waals surface area contributed by atoms with Gasteiger partial charge in [-0.15, -0.1) is 0 Å². The van der Waals surface area contributed by atoms with E-state index in [1.54, 1.807) is 0 Å². The Morgan fingerprint density at radius 3 is 1.53 bits per heavy atom. The van der Waals surface area contributed by atoms with Crippen LogP contribution in [0.2, 0.25) is 0 Å². The van der Waals surface area contributed by atoms with Crippen molar-refractivity contribution < 1.29 is 63.1 Å². The number of allylic oxidation sites excluding steroid dienone is 6. The first-order chi connectivity index (χ1) is 26.4. The fraction of sp³-hybridized carbons (Fsp3) is 0.805. The molecular formula is C41H73O13P. The highest BCUT2D eigenvalue weighted by atomic mass is 31.2. The summed E-state index contributed by atoms with van der Waals surface area (Å²) in [7, 11) is -5.11. The number of aliphatic hydroxyl groups excluding tert-OH is 5. The van der Waals surface area contributed by atoms with E-state index in [9.17, 15) is 44.6 Å². The van der Waals surface area contributed by atoms with Gasteiger partial charge >= 0.3 is 19.8 Å². The van der Waals surface area contributed by atoms with Crippen LogP contribution >= 0.6 is 7.82 Å². The zero-order valence-corrected chi connectivity index (χ0v) is 34.4. The van der Waals surface area contributed by atoms with Crippen LogP contribution in [0, 0.1) is 0 Å². The summed E-state index contributed by atoms with van der Waals surface area (Å²) in [6.07, 6.45) is 20.8. The highest BCUT2D eigenvalue weighted by Gasteiger charge is 2.51. The topological polar surface area (TPSA) is 210 Å². The highest BCUT2D eigenvalue weighted by molar-refractivity contribution is 7.47. The number of ether oxygens (including phenoxy) is 2. The lowest BCUT2D eigenvalue weighted by Crippen LogP contribution is -2.64. The van der Waals surface area contributed by atoms with Gasteiger partial charge in [0.1, 0.15) is 43.2 Å². The molecule has 0 radical (unpaired) electrons. The molecule has 6 N–H and O–H groups in total. The molecule has 13 nitrogen and oxygen atoms in total. The zero-order valence-electron chi connectivity index (χ0n) is 33.5. The van der Waals surface area contributed by atoms with Crippen molar-refractivity contribution in [2.24, 2.45) is 0 Å². The van der Waals surface area contributed by atoms with E-state index < -0.39 is 75.7 Å². The molecule has 0 amide bonds. The van der Waals surface area contributed by atoms with E-state index in [4.69, 9.17) is 18.5 Å². The van der Waals surface area contributed by atoms with Gasteiger partial charge in [-0.3, -0.25) is 18.6 Å². The Kier molecular flexibility index (Phi) is 29.8. The minimum Gasteiger partial charge on any atom is -0.462 e. The number of aliphatic hydroxyl groups is 5. The Labute approximate surface area is 329 Å². The average molecular weight is 805 g/mol. The average Bonchev–Trinajstić information content (AvgIpc) is 3.16. The number of carbonyl (C=O) groups excluding carboxylic acids is 2. The number of carbonyl (C=O) groups is 2. The number of esters is 2. The second kappa shape index (κ2) is 32.1. The smallest absolute Gasteiger partial charge is 0.462 e. The summed E-state index contributed by atoms with van der Waals surface area (Å²) < 4.78 is 33.3. The van der Waals surface area contributed by atoms with E-state index in [1.165, 1.54) is 51.4 Å². The molecule has 8 atom stereocenters. The molecule has 6 unspecified atom stereocenters. The number of phosphoric ester groups is 1. The second-order valence-electron chi connectivity index (χ2n) is 14.5. The van der Waals surface area contributed by atoms with Crippen molar-refractivity contribution in [3.05, 3.63) is 36.5 Å². The van der Waals surface area contributed by atoms with Gasteiger partial charge < -0.3 is 39.9 Å². The van der Waals surface area contributed by atoms with Gasteiger partial charge in [-0.2, -0.15) is 0 Å². The Morgan fingerprint density at radius 1 is 0.564 bits per heavy atom. The largest absolute Gasteiger partial charge is 0.472 e. The minimum atomic E-state index is -5.11. The quantitative estimate of drug-likeness (QED) is 0.0170. The molecule has 1 aliphatic rings. The third-order valence-corrected chi connectivity index (χ3v) is 10.5. The molecule has 0 aromatic heterocycles. The molecule has 320 valence electrons. The lowest BCUT2D eigenvalue weighted by molar-refractivity contribution is -0.220. The van der Waals surface area contributed by atoms with E-state index in [0.717, 1.165) is 64.2 Å². The fourth-order valence-electron chi connectivity index (χ4n) is 6.06. The van der Waals surface area contributed by atoms with Crippen LogP contribution in [-0.2, 0) is 32.7 Å². The number of rotatable bonds is 33. The van der Waals surface area contributed by atoms with Gasteiger partial charge in [-0.1, -0.05) is 127 Å². The Hall–Kier alpha value is -1.93. The van der Waals surface area contributed by atoms with Crippen LogP contribution in [0.1, 0.15) is 155 Å². The lowest BCUT2D eigenvalue weighted by Gasteiger charge is -2.41. The van der Waals surface area contributed by atoms with Gasteiger partial charge in [-0.25, -0.2) is 4.57 Å². The molecular weight excluding hydrogens is 731 g/mol. The Balaban J connectivity index is 2.52. The van der Waals surface area contributed by atoms with Crippen LogP contribution < -0.4 is 0 Å². The molecule has 0 saturated heterocycles. The lowest BCUT2D eigenvalue weighted by atomic mass is 9.85. The van der Waals surface area contributed by atoms with E-state index in [2.05, 4.69) is 50.3 Å². The first-order valence-electron chi connectivity index (χ1n) is 20.8. The fourth-order valence-corrected chi connectivity index (χ4v) is 7.03. The van der Waals surface area contributed by atoms with Crippen LogP contribution in [0.15, 0.2) is 36.5 Å². The summed E-state index contributed by atoms with van der Waals surface area (Å²) >= 11 is 0. The molecule has 0 aromatic rings. The first-order valence-corrected chi connectivity index (χ1v) is 22.3. The molecule has 0 spiro atoms. The SMILES string of the molecule is CCCCC/C=C/C/C=C/C/C=C/CCCCCCC(=O)O[C@H](COC(=O)CCCCCCCCCCC)COP(=O)(O)OC1C(O)C(O)C(O)[C@@H](O)C1O. The van der Waals surface area contributed by atoms with Gasteiger partial charge in [0, 0.05) is 12.8 Å². The summed E-state index contributed by atoms with van der Waals surface area (Å²) in [6.45, 7) is 3.20. The van der Waals surface area contributed by atoms with Crippen LogP contribution in [0.5, 0.6) is 0 Å². The predicted octanol–water partition coefficient (Wildman–Crippen LogP) is 7.05. The molecule has 1 rings (SSSR count). The van der Waals surface area contributed by atoms with Crippen molar-refractivity contribution in [2.45, 2.75) is 198 Å². The van der Waals surface area contributed by atoms with Crippen LogP contribution in [0.4, 0.5) is 0 Å². The van der Waals surface area contributed by atoms with Gasteiger partial charge in [0.15, 0.2) is 6.10 Å². The number of hydrogen-bond acceptors (Lipinski definition) is 12. The van der Waals surface area contributed by atoms with Gasteiger partial charge in [-0.05, 0) is 51.4 Å². The van der Waals surface area contributed by atoms with Crippen LogP contribution in [0.25, 0.3) is 0 Å². The highest BCUT2D eigenvalue weighted by Crippen LogP contribution is 2.47. The Morgan fingerprint density at radius 2 is 0.982 bits per heavy atom. The molecule has 0 aromatic carbocycles. The number of hydrogen-bond donors (Lipinski definition) is 6. The molecule has 14 heteroatoms. The molecule has 55 heavy (non-hydrogen) atoms. The maximum Gasteiger partial charge on any atom is 0.472 e. The van der Waals surface area contributed by atoms with Crippen molar-refractivity contribution in [2.75, 3.05) is 13.2 Å². The molecule has 0 bridgehead atoms. The summed E-state index contributed by atoms with van der Waals surface area (Å²) in [4.78, 5) is 35.5. The van der Waals surface area contributed by atoms with Crippen molar-refractivity contribution in [3.8, 4) is 0 Å². The maximum atomic E-state index is 12.7. The maximum absolute atomic E-state index is 12.7. The summed E-state index contributed by atoms with van der Waals surface area (Å²) in [5.74, 6) is -1.13. The number of unbranched alkanes of at least 4 members (excludes halogenated alkanes) is 15. The van der Waals surface area contributed by atoms with E-state index in [-0.39, 0.29) is 12.8 Å². The van der Waals surface area contributed by atoms with Gasteiger partial charge in [0.05, 0.1) is 6.61 Å². The van der Waals surface area contributed by atoms with Crippen LogP contribution in [-0.4, -0.2) is 98.3 Å². The van der Waals surface area contributed by atoms with Crippen molar-refractivity contribution in [1.29, 1.82) is 0 Å². The molecule has 1 saturated carbocycles. The monoisotopic (exact) mass is 804 g/mol. The third-order valence-electron chi connectivity index (χ3n) is 9.48. The molecule has 1 fully saturated rings. The normalized spacial score (nSPS) is 23.4. The summed E-state index contributed by atoms with van der Waals surface area (Å²) in [6, 6.07) is 0. The minimum absolute atomic E-state index is 0.0718. The van der Waals surface area contributed by atoms with Crippen molar-refractivity contribution >= 4 is 19.8 Å². The van der Waals surface area contributed by atoms with E-state index >= 15 is 0 Å². The summed E-state index contributed by atoms with van der Waals surface area (Å²) in [5, 5.41) is 50.0. The third kappa shape index (κ3) is 25.1. The van der Waals surface area contributed by atoms with Crippen molar-refractivity contribution in [1.82, 2.24) is 0 Å².